The van der Waals surface area contributed by atoms with Crippen LogP contribution in [0.25, 0.3) is 11.5 Å². The first-order valence-corrected chi connectivity index (χ1v) is 4.09. The number of rotatable bonds is 1. The Morgan fingerprint density at radius 2 is 2.29 bits per heavy atom. The van der Waals surface area contributed by atoms with E-state index in [0.29, 0.717) is 11.3 Å². The second-order valence-electron chi connectivity index (χ2n) is 2.96. The Labute approximate surface area is 79.6 Å². The summed E-state index contributed by atoms with van der Waals surface area (Å²) < 4.78 is 4.83. The van der Waals surface area contributed by atoms with Crippen molar-refractivity contribution in [2.24, 2.45) is 0 Å². The first kappa shape index (κ1) is 8.55. The lowest BCUT2D eigenvalue weighted by molar-refractivity contribution is 0.527. The van der Waals surface area contributed by atoms with Gasteiger partial charge >= 0.3 is 5.76 Å². The molecule has 0 saturated heterocycles. The Kier molecular flexibility index (Phi) is 1.85. The van der Waals surface area contributed by atoms with Crippen molar-refractivity contribution in [2.75, 3.05) is 5.73 Å². The second kappa shape index (κ2) is 3.02. The Balaban J connectivity index is 2.67. The summed E-state index contributed by atoms with van der Waals surface area (Å²) in [6.07, 6.45) is 0. The van der Waals surface area contributed by atoms with Gasteiger partial charge in [0.05, 0.1) is 5.56 Å². The highest BCUT2D eigenvalue weighted by Gasteiger charge is 2.11. The van der Waals surface area contributed by atoms with E-state index in [-0.39, 0.29) is 5.89 Å². The average Bonchev–Trinajstić information content (AvgIpc) is 2.51. The van der Waals surface area contributed by atoms with Gasteiger partial charge < -0.3 is 10.2 Å². The molecule has 2 rings (SSSR count). The third kappa shape index (κ3) is 1.28. The lowest BCUT2D eigenvalue weighted by Crippen LogP contribution is -1.94. The van der Waals surface area contributed by atoms with Crippen molar-refractivity contribution in [2.45, 2.75) is 6.92 Å². The van der Waals surface area contributed by atoms with E-state index < -0.39 is 5.76 Å². The van der Waals surface area contributed by atoms with Gasteiger partial charge in [0.1, 0.15) is 0 Å². The number of hydrogen-bond donors (Lipinski definition) is 2. The van der Waals surface area contributed by atoms with Crippen molar-refractivity contribution in [3.8, 4) is 11.5 Å². The molecule has 5 heteroatoms. The minimum absolute atomic E-state index is 0.227. The molecule has 1 aromatic heterocycles. The van der Waals surface area contributed by atoms with E-state index in [1.54, 1.807) is 6.07 Å². The molecule has 72 valence electrons. The van der Waals surface area contributed by atoms with Gasteiger partial charge in [0.15, 0.2) is 0 Å². The molecular formula is C9H9N3O2. The number of hydrogen-bond acceptors (Lipinski definition) is 4. The molecule has 1 aromatic carbocycles. The lowest BCUT2D eigenvalue weighted by Gasteiger charge is -2.03. The van der Waals surface area contributed by atoms with Crippen molar-refractivity contribution in [1.82, 2.24) is 10.2 Å². The Bertz CT molecular complexity index is 493. The van der Waals surface area contributed by atoms with Crippen LogP contribution in [0.5, 0.6) is 0 Å². The summed E-state index contributed by atoms with van der Waals surface area (Å²) in [4.78, 5) is 10.8. The fraction of sp³-hybridized carbons (Fsp3) is 0.111. The summed E-state index contributed by atoms with van der Waals surface area (Å²) >= 11 is 0. The number of anilines is 1. The number of nitrogens with two attached hydrogens (primary N) is 1. The molecule has 3 N–H and O–H groups in total. The Morgan fingerprint density at radius 1 is 1.50 bits per heavy atom. The fourth-order valence-corrected chi connectivity index (χ4v) is 1.32. The van der Waals surface area contributed by atoms with Gasteiger partial charge in [-0.2, -0.15) is 0 Å². The second-order valence-corrected chi connectivity index (χ2v) is 2.96. The van der Waals surface area contributed by atoms with E-state index in [0.717, 1.165) is 5.56 Å². The summed E-state index contributed by atoms with van der Waals surface area (Å²) in [7, 11) is 0. The van der Waals surface area contributed by atoms with Crippen LogP contribution in [0, 0.1) is 6.92 Å². The van der Waals surface area contributed by atoms with Crippen LogP contribution in [0.15, 0.2) is 27.4 Å². The van der Waals surface area contributed by atoms with Crippen molar-refractivity contribution in [3.05, 3.63) is 34.3 Å². The van der Waals surface area contributed by atoms with Crippen molar-refractivity contribution >= 4 is 5.69 Å². The van der Waals surface area contributed by atoms with Crippen LogP contribution in [0.4, 0.5) is 5.69 Å². The quantitative estimate of drug-likeness (QED) is 0.656. The van der Waals surface area contributed by atoms with Gasteiger partial charge in [-0.05, 0) is 18.6 Å². The number of aryl methyl sites for hydroxylation is 1. The van der Waals surface area contributed by atoms with Gasteiger partial charge in [0, 0.05) is 5.69 Å². The molecule has 0 bridgehead atoms. The van der Waals surface area contributed by atoms with E-state index >= 15 is 0 Å². The highest BCUT2D eigenvalue weighted by atomic mass is 16.4. The first-order valence-electron chi connectivity index (χ1n) is 4.09. The van der Waals surface area contributed by atoms with Crippen LogP contribution in [0.1, 0.15) is 5.56 Å². The fourth-order valence-electron chi connectivity index (χ4n) is 1.32. The molecule has 0 fully saturated rings. The maximum Gasteiger partial charge on any atom is 0.434 e. The predicted octanol–water partition coefficient (Wildman–Crippen LogP) is 0.921. The molecule has 0 aliphatic heterocycles. The summed E-state index contributed by atoms with van der Waals surface area (Å²) in [6.45, 7) is 1.88. The van der Waals surface area contributed by atoms with Crippen LogP contribution in [-0.4, -0.2) is 10.2 Å². The van der Waals surface area contributed by atoms with Crippen LogP contribution >= 0.6 is 0 Å². The Hall–Kier alpha value is -2.04. The van der Waals surface area contributed by atoms with Gasteiger partial charge in [-0.3, -0.25) is 0 Å². The molecule has 0 saturated carbocycles. The summed E-state index contributed by atoms with van der Waals surface area (Å²) in [5, 5.41) is 5.92. The molecule has 0 radical (unpaired) electrons. The third-order valence-corrected chi connectivity index (χ3v) is 1.96. The first-order chi connectivity index (χ1) is 6.68. The normalized spacial score (nSPS) is 10.4. The van der Waals surface area contributed by atoms with Gasteiger partial charge in [-0.25, -0.2) is 9.89 Å². The topological polar surface area (TPSA) is 84.9 Å². The number of nitrogen functional groups attached to an aromatic ring is 1. The van der Waals surface area contributed by atoms with Gasteiger partial charge in [-0.15, -0.1) is 5.10 Å². The zero-order chi connectivity index (χ0) is 10.1. The number of nitrogens with zero attached hydrogens (tertiary/aromatic N) is 1. The third-order valence-electron chi connectivity index (χ3n) is 1.96. The smallest absolute Gasteiger partial charge is 0.398 e. The van der Waals surface area contributed by atoms with Gasteiger partial charge in [0.2, 0.25) is 0 Å². The molecule has 0 aliphatic carbocycles. The van der Waals surface area contributed by atoms with E-state index in [1.807, 2.05) is 19.1 Å². The molecule has 0 atom stereocenters. The SMILES string of the molecule is Cc1cccc(N)c1-c1n[nH]c(=O)o1. The standard InChI is InChI=1S/C9H9N3O2/c1-5-3-2-4-6(10)7(5)8-11-12-9(13)14-8/h2-4H,10H2,1H3,(H,12,13). The van der Waals surface area contributed by atoms with Crippen molar-refractivity contribution < 1.29 is 4.42 Å². The number of aromatic amines is 1. The highest BCUT2D eigenvalue weighted by molar-refractivity contribution is 5.73. The van der Waals surface area contributed by atoms with E-state index in [4.69, 9.17) is 10.2 Å². The van der Waals surface area contributed by atoms with E-state index in [1.165, 1.54) is 0 Å². The summed E-state index contributed by atoms with van der Waals surface area (Å²) in [5.41, 5.74) is 7.86. The number of aromatic nitrogens is 2. The molecule has 0 spiro atoms. The number of H-pyrrole nitrogens is 1. The minimum Gasteiger partial charge on any atom is -0.398 e. The molecule has 2 aromatic rings. The molecule has 0 amide bonds. The molecular weight excluding hydrogens is 182 g/mol. The molecule has 14 heavy (non-hydrogen) atoms. The number of benzene rings is 1. The number of nitrogens with one attached hydrogen (secondary N) is 1. The zero-order valence-electron chi connectivity index (χ0n) is 7.57. The van der Waals surface area contributed by atoms with Crippen molar-refractivity contribution in [3.63, 3.8) is 0 Å². The van der Waals surface area contributed by atoms with Crippen LogP contribution in [-0.2, 0) is 0 Å². The molecule has 0 aliphatic rings. The van der Waals surface area contributed by atoms with Crippen LogP contribution < -0.4 is 11.5 Å². The Morgan fingerprint density at radius 3 is 2.86 bits per heavy atom. The zero-order valence-corrected chi connectivity index (χ0v) is 7.57. The van der Waals surface area contributed by atoms with Gasteiger partial charge in [0.25, 0.3) is 5.89 Å². The monoisotopic (exact) mass is 191 g/mol. The average molecular weight is 191 g/mol. The van der Waals surface area contributed by atoms with E-state index in [9.17, 15) is 4.79 Å². The lowest BCUT2D eigenvalue weighted by atomic mass is 10.1. The highest BCUT2D eigenvalue weighted by Crippen LogP contribution is 2.26. The maximum atomic E-state index is 10.8. The van der Waals surface area contributed by atoms with Crippen molar-refractivity contribution in [1.29, 1.82) is 0 Å². The largest absolute Gasteiger partial charge is 0.434 e. The predicted molar refractivity (Wildman–Crippen MR) is 51.7 cm³/mol. The molecule has 5 nitrogen and oxygen atoms in total. The molecule has 0 unspecified atom stereocenters. The molecule has 1 heterocycles. The van der Waals surface area contributed by atoms with Gasteiger partial charge in [-0.1, -0.05) is 12.1 Å². The van der Waals surface area contributed by atoms with Crippen LogP contribution in [0.2, 0.25) is 0 Å². The summed E-state index contributed by atoms with van der Waals surface area (Å²) in [5.74, 6) is -0.353. The van der Waals surface area contributed by atoms with Crippen LogP contribution in [0.3, 0.4) is 0 Å². The maximum absolute atomic E-state index is 10.8. The van der Waals surface area contributed by atoms with E-state index in [2.05, 4.69) is 10.2 Å². The minimum atomic E-state index is -0.581. The summed E-state index contributed by atoms with van der Waals surface area (Å²) in [6, 6.07) is 5.44.